The number of hydrogen-bond acceptors (Lipinski definition) is 5. The summed E-state index contributed by atoms with van der Waals surface area (Å²) >= 11 is 0. The molecule has 1 N–H and O–H groups in total. The molecule has 0 spiro atoms. The Morgan fingerprint density at radius 3 is 1.31 bits per heavy atom. The first-order valence-corrected chi connectivity index (χ1v) is 3.81. The summed E-state index contributed by atoms with van der Waals surface area (Å²) in [5, 5.41) is 8.69. The molecule has 0 aliphatic carbocycles. The maximum absolute atomic E-state index is 8.69. The lowest BCUT2D eigenvalue weighted by molar-refractivity contribution is -0.326. The quantitative estimate of drug-likeness (QED) is 0.666. The highest BCUT2D eigenvalue weighted by molar-refractivity contribution is 4.33. The van der Waals surface area contributed by atoms with E-state index in [1.165, 1.54) is 21.1 Å². The van der Waals surface area contributed by atoms with Gasteiger partial charge in [-0.2, -0.15) is 0 Å². The van der Waals surface area contributed by atoms with Gasteiger partial charge < -0.3 is 24.1 Å². The van der Waals surface area contributed by atoms with Crippen molar-refractivity contribution in [3.63, 3.8) is 0 Å². The largest absolute Gasteiger partial charge is 0.356 e. The zero-order valence-electron chi connectivity index (χ0n) is 9.16. The fourth-order valence-electron chi connectivity index (χ4n) is 0.180. The van der Waals surface area contributed by atoms with Crippen molar-refractivity contribution in [1.82, 2.24) is 0 Å². The predicted molar refractivity (Wildman–Crippen MR) is 48.1 cm³/mol. The standard InChI is InChI=1S/C4H10O3.C4H10O2/c1-4(5,6-2)7-3;1-4(5-2)6-3/h5H,1-3H3;4H,1-3H3. The molecule has 0 unspecified atom stereocenters. The van der Waals surface area contributed by atoms with Crippen molar-refractivity contribution in [3.05, 3.63) is 0 Å². The van der Waals surface area contributed by atoms with Crippen LogP contribution in [0, 0.1) is 0 Å². The molecule has 0 aromatic carbocycles. The van der Waals surface area contributed by atoms with E-state index in [0.717, 1.165) is 0 Å². The maximum atomic E-state index is 8.69. The van der Waals surface area contributed by atoms with Crippen LogP contribution in [0.2, 0.25) is 0 Å². The van der Waals surface area contributed by atoms with Gasteiger partial charge in [0.05, 0.1) is 0 Å². The van der Waals surface area contributed by atoms with Crippen molar-refractivity contribution in [2.45, 2.75) is 26.1 Å². The second-order valence-corrected chi connectivity index (χ2v) is 2.35. The Bertz CT molecular complexity index is 94.7. The van der Waals surface area contributed by atoms with Gasteiger partial charge in [-0.25, -0.2) is 0 Å². The minimum absolute atomic E-state index is 0.0648. The minimum atomic E-state index is -1.42. The summed E-state index contributed by atoms with van der Waals surface area (Å²) in [5.74, 6) is -1.42. The van der Waals surface area contributed by atoms with Crippen molar-refractivity contribution in [1.29, 1.82) is 0 Å². The lowest BCUT2D eigenvalue weighted by Gasteiger charge is -2.17. The molecule has 0 aromatic rings. The van der Waals surface area contributed by atoms with Crippen LogP contribution in [0.15, 0.2) is 0 Å². The summed E-state index contributed by atoms with van der Waals surface area (Å²) in [6.45, 7) is 3.24. The van der Waals surface area contributed by atoms with Crippen molar-refractivity contribution in [2.24, 2.45) is 0 Å². The van der Waals surface area contributed by atoms with E-state index in [4.69, 9.17) is 5.11 Å². The van der Waals surface area contributed by atoms with E-state index >= 15 is 0 Å². The minimum Gasteiger partial charge on any atom is -0.356 e. The molecule has 0 aliphatic rings. The fraction of sp³-hybridized carbons (Fsp3) is 1.00. The lowest BCUT2D eigenvalue weighted by Crippen LogP contribution is -2.28. The molecule has 0 aliphatic heterocycles. The van der Waals surface area contributed by atoms with Crippen LogP contribution in [0.3, 0.4) is 0 Å². The second-order valence-electron chi connectivity index (χ2n) is 2.35. The zero-order valence-corrected chi connectivity index (χ0v) is 9.16. The first kappa shape index (κ1) is 15.3. The molecular formula is C8H20O5. The van der Waals surface area contributed by atoms with Gasteiger partial charge in [0.25, 0.3) is 5.97 Å². The van der Waals surface area contributed by atoms with Gasteiger partial charge in [0, 0.05) is 35.4 Å². The van der Waals surface area contributed by atoms with Gasteiger partial charge in [-0.05, 0) is 6.92 Å². The highest BCUT2D eigenvalue weighted by Gasteiger charge is 2.15. The van der Waals surface area contributed by atoms with Crippen LogP contribution < -0.4 is 0 Å². The molecule has 0 radical (unpaired) electrons. The fourth-order valence-corrected chi connectivity index (χ4v) is 0.180. The van der Waals surface area contributed by atoms with Gasteiger partial charge in [0.15, 0.2) is 6.29 Å². The SMILES string of the molecule is COC(C)(O)OC.COC(C)OC. The third-order valence-corrected chi connectivity index (χ3v) is 1.42. The molecule has 5 heteroatoms. The van der Waals surface area contributed by atoms with E-state index in [-0.39, 0.29) is 6.29 Å². The van der Waals surface area contributed by atoms with E-state index in [0.29, 0.717) is 0 Å². The first-order chi connectivity index (χ1) is 5.93. The highest BCUT2D eigenvalue weighted by atomic mass is 16.8. The van der Waals surface area contributed by atoms with E-state index < -0.39 is 5.97 Å². The van der Waals surface area contributed by atoms with Crippen LogP contribution in [0.1, 0.15) is 13.8 Å². The van der Waals surface area contributed by atoms with Gasteiger partial charge in [0.2, 0.25) is 0 Å². The molecule has 0 saturated carbocycles. The van der Waals surface area contributed by atoms with Gasteiger partial charge in [-0.3, -0.25) is 0 Å². The molecule has 0 bridgehead atoms. The topological polar surface area (TPSA) is 57.2 Å². The van der Waals surface area contributed by atoms with Crippen LogP contribution in [0.4, 0.5) is 0 Å². The Kier molecular flexibility index (Phi) is 9.87. The smallest absolute Gasteiger partial charge is 0.276 e. The van der Waals surface area contributed by atoms with Crippen molar-refractivity contribution < 1.29 is 24.1 Å². The van der Waals surface area contributed by atoms with E-state index in [1.54, 1.807) is 14.2 Å². The Morgan fingerprint density at radius 1 is 1.00 bits per heavy atom. The molecular weight excluding hydrogens is 176 g/mol. The third kappa shape index (κ3) is 11.8. The molecule has 0 fully saturated rings. The molecule has 5 nitrogen and oxygen atoms in total. The van der Waals surface area contributed by atoms with Crippen molar-refractivity contribution in [3.8, 4) is 0 Å². The molecule has 0 atom stereocenters. The lowest BCUT2D eigenvalue weighted by atomic mass is 10.7. The van der Waals surface area contributed by atoms with Gasteiger partial charge in [-0.15, -0.1) is 0 Å². The summed E-state index contributed by atoms with van der Waals surface area (Å²) in [6.07, 6.45) is -0.0648. The van der Waals surface area contributed by atoms with Gasteiger partial charge in [0.1, 0.15) is 0 Å². The summed E-state index contributed by atoms with van der Waals surface area (Å²) in [4.78, 5) is 0. The molecule has 0 saturated heterocycles. The van der Waals surface area contributed by atoms with E-state index in [2.05, 4.69) is 18.9 Å². The van der Waals surface area contributed by atoms with Crippen LogP contribution >= 0.6 is 0 Å². The predicted octanol–water partition coefficient (Wildman–Crippen LogP) is 0.570. The molecule has 13 heavy (non-hydrogen) atoms. The van der Waals surface area contributed by atoms with Crippen LogP contribution in [-0.2, 0) is 18.9 Å². The number of aliphatic hydroxyl groups is 1. The van der Waals surface area contributed by atoms with E-state index in [1.807, 2.05) is 6.92 Å². The van der Waals surface area contributed by atoms with Crippen LogP contribution in [-0.4, -0.2) is 45.8 Å². The summed E-state index contributed by atoms with van der Waals surface area (Å²) in [6, 6.07) is 0. The van der Waals surface area contributed by atoms with E-state index in [9.17, 15) is 0 Å². The normalized spacial score (nSPS) is 11.1. The Hall–Kier alpha value is -0.200. The second kappa shape index (κ2) is 8.40. The number of ether oxygens (including phenoxy) is 4. The highest BCUT2D eigenvalue weighted by Crippen LogP contribution is 2.01. The molecule has 0 rings (SSSR count). The molecule has 0 aromatic heterocycles. The Morgan fingerprint density at radius 2 is 1.31 bits per heavy atom. The van der Waals surface area contributed by atoms with Gasteiger partial charge >= 0.3 is 0 Å². The van der Waals surface area contributed by atoms with Crippen LogP contribution in [0.25, 0.3) is 0 Å². The summed E-state index contributed by atoms with van der Waals surface area (Å²) < 4.78 is 18.2. The number of rotatable bonds is 4. The number of methoxy groups -OCH3 is 4. The Labute approximate surface area is 79.5 Å². The molecule has 0 heterocycles. The summed E-state index contributed by atoms with van der Waals surface area (Å²) in [5.41, 5.74) is 0. The molecule has 82 valence electrons. The van der Waals surface area contributed by atoms with Crippen LogP contribution in [0.5, 0.6) is 0 Å². The third-order valence-electron chi connectivity index (χ3n) is 1.42. The van der Waals surface area contributed by atoms with Crippen molar-refractivity contribution in [2.75, 3.05) is 28.4 Å². The number of hydrogen-bond donors (Lipinski definition) is 1. The average Bonchev–Trinajstić information content (AvgIpc) is 2.17. The first-order valence-electron chi connectivity index (χ1n) is 3.81. The van der Waals surface area contributed by atoms with Gasteiger partial charge in [-0.1, -0.05) is 0 Å². The maximum Gasteiger partial charge on any atom is 0.276 e. The molecule has 0 amide bonds. The zero-order chi connectivity index (χ0) is 10.9. The monoisotopic (exact) mass is 196 g/mol. The summed E-state index contributed by atoms with van der Waals surface area (Å²) in [7, 11) is 5.94. The Balaban J connectivity index is 0. The van der Waals surface area contributed by atoms with Crippen molar-refractivity contribution >= 4 is 0 Å². The average molecular weight is 196 g/mol.